The fourth-order valence-electron chi connectivity index (χ4n) is 3.34. The number of aliphatic hydroxyl groups is 1. The number of phenolic OH excluding ortho intramolecular Hbond substituents is 1. The molecule has 1 saturated heterocycles. The van der Waals surface area contributed by atoms with Gasteiger partial charge in [-0.3, -0.25) is 4.99 Å². The Morgan fingerprint density at radius 3 is 2.23 bits per heavy atom. The van der Waals surface area contributed by atoms with Crippen molar-refractivity contribution in [1.29, 1.82) is 0 Å². The van der Waals surface area contributed by atoms with Gasteiger partial charge in [0.25, 0.3) is 0 Å². The number of phenols is 1. The van der Waals surface area contributed by atoms with E-state index in [2.05, 4.69) is 19.9 Å². The van der Waals surface area contributed by atoms with Crippen molar-refractivity contribution in [3.8, 4) is 5.75 Å². The van der Waals surface area contributed by atoms with Crippen LogP contribution >= 0.6 is 0 Å². The second-order valence-electron chi connectivity index (χ2n) is 6.83. The van der Waals surface area contributed by atoms with Crippen LogP contribution in [0.3, 0.4) is 0 Å². The summed E-state index contributed by atoms with van der Waals surface area (Å²) in [5, 5.41) is 20.4. The summed E-state index contributed by atoms with van der Waals surface area (Å²) < 4.78 is 0. The monoisotopic (exact) mass is 354 g/mol. The summed E-state index contributed by atoms with van der Waals surface area (Å²) in [6, 6.07) is 6.81. The topological polar surface area (TPSA) is 81.8 Å². The third kappa shape index (κ3) is 3.70. The lowest BCUT2D eigenvalue weighted by atomic mass is 9.84. The lowest BCUT2D eigenvalue weighted by Crippen LogP contribution is -2.43. The Hall–Kier alpha value is -2.47. The number of aryl methyl sites for hydroxylation is 2. The van der Waals surface area contributed by atoms with Crippen LogP contribution in [0.5, 0.6) is 5.75 Å². The molecule has 0 spiro atoms. The Morgan fingerprint density at radius 1 is 1.12 bits per heavy atom. The molecule has 26 heavy (non-hydrogen) atoms. The molecule has 0 atom stereocenters. The zero-order chi connectivity index (χ0) is 18.7. The van der Waals surface area contributed by atoms with E-state index in [1.54, 1.807) is 24.3 Å². The molecule has 0 amide bonds. The van der Waals surface area contributed by atoms with Crippen LogP contribution in [0.4, 0.5) is 11.6 Å². The summed E-state index contributed by atoms with van der Waals surface area (Å²) in [4.78, 5) is 15.8. The van der Waals surface area contributed by atoms with Crippen LogP contribution in [0.25, 0.3) is 0 Å². The van der Waals surface area contributed by atoms with Crippen LogP contribution in [-0.4, -0.2) is 39.5 Å². The molecule has 1 fully saturated rings. The second kappa shape index (κ2) is 7.41. The van der Waals surface area contributed by atoms with Crippen molar-refractivity contribution in [2.45, 2.75) is 45.6 Å². The number of aromatic nitrogens is 2. The minimum absolute atomic E-state index is 0.208. The number of nitrogens with zero attached hydrogens (tertiary/aromatic N) is 4. The number of hydrogen-bond donors (Lipinski definition) is 2. The van der Waals surface area contributed by atoms with Gasteiger partial charge in [-0.05, 0) is 50.8 Å². The molecule has 3 rings (SSSR count). The molecule has 0 aliphatic carbocycles. The molecule has 6 nitrogen and oxygen atoms in total. The van der Waals surface area contributed by atoms with Gasteiger partial charge in [-0.2, -0.15) is 0 Å². The van der Waals surface area contributed by atoms with Gasteiger partial charge in [0.15, 0.2) is 0 Å². The third-order valence-corrected chi connectivity index (χ3v) is 4.90. The van der Waals surface area contributed by atoms with Crippen molar-refractivity contribution in [2.24, 2.45) is 4.99 Å². The first-order valence-corrected chi connectivity index (χ1v) is 9.07. The van der Waals surface area contributed by atoms with Crippen LogP contribution < -0.4 is 4.90 Å². The Kier molecular flexibility index (Phi) is 5.23. The van der Waals surface area contributed by atoms with Gasteiger partial charge in [0.2, 0.25) is 5.95 Å². The predicted octanol–water partition coefficient (Wildman–Crippen LogP) is 3.40. The minimum atomic E-state index is -0.875. The summed E-state index contributed by atoms with van der Waals surface area (Å²) >= 11 is 0. The maximum Gasteiger partial charge on any atom is 0.225 e. The van der Waals surface area contributed by atoms with Gasteiger partial charge in [-0.1, -0.05) is 19.1 Å². The average molecular weight is 354 g/mol. The van der Waals surface area contributed by atoms with Crippen molar-refractivity contribution < 1.29 is 10.2 Å². The van der Waals surface area contributed by atoms with Crippen molar-refractivity contribution in [2.75, 3.05) is 18.0 Å². The quantitative estimate of drug-likeness (QED) is 0.823. The van der Waals surface area contributed by atoms with Crippen molar-refractivity contribution in [3.63, 3.8) is 0 Å². The first kappa shape index (κ1) is 18.3. The summed E-state index contributed by atoms with van der Waals surface area (Å²) in [5.41, 5.74) is 2.55. The summed E-state index contributed by atoms with van der Waals surface area (Å²) in [6.45, 7) is 7.31. The highest BCUT2D eigenvalue weighted by atomic mass is 16.3. The second-order valence-corrected chi connectivity index (χ2v) is 6.83. The van der Waals surface area contributed by atoms with E-state index in [0.29, 0.717) is 31.9 Å². The molecule has 1 aromatic heterocycles. The fourth-order valence-corrected chi connectivity index (χ4v) is 3.34. The minimum Gasteiger partial charge on any atom is -0.508 e. The van der Waals surface area contributed by atoms with Gasteiger partial charge < -0.3 is 15.1 Å². The Morgan fingerprint density at radius 2 is 1.69 bits per heavy atom. The highest BCUT2D eigenvalue weighted by molar-refractivity contribution is 5.65. The van der Waals surface area contributed by atoms with Crippen LogP contribution in [0, 0.1) is 13.8 Å². The Balaban J connectivity index is 1.75. The number of aromatic hydroxyl groups is 1. The van der Waals surface area contributed by atoms with Crippen LogP contribution in [0.1, 0.15) is 43.1 Å². The van der Waals surface area contributed by atoms with E-state index in [-0.39, 0.29) is 5.75 Å². The van der Waals surface area contributed by atoms with Gasteiger partial charge in [0.05, 0.1) is 17.0 Å². The van der Waals surface area contributed by atoms with E-state index in [9.17, 15) is 10.2 Å². The molecule has 0 unspecified atom stereocenters. The van der Waals surface area contributed by atoms with E-state index in [0.717, 1.165) is 29.1 Å². The summed E-state index contributed by atoms with van der Waals surface area (Å²) in [5.74, 6) is 0.906. The lowest BCUT2D eigenvalue weighted by Gasteiger charge is -2.38. The molecule has 0 bridgehead atoms. The number of hydrogen-bond acceptors (Lipinski definition) is 6. The van der Waals surface area contributed by atoms with Gasteiger partial charge in [-0.25, -0.2) is 9.97 Å². The first-order valence-electron chi connectivity index (χ1n) is 9.07. The molecule has 1 aliphatic rings. The molecular weight excluding hydrogens is 328 g/mol. The smallest absolute Gasteiger partial charge is 0.225 e. The van der Waals surface area contributed by atoms with Crippen molar-refractivity contribution in [3.05, 3.63) is 41.2 Å². The highest BCUT2D eigenvalue weighted by Crippen LogP contribution is 2.35. The van der Waals surface area contributed by atoms with Crippen molar-refractivity contribution in [1.82, 2.24) is 9.97 Å². The maximum absolute atomic E-state index is 11.0. The summed E-state index contributed by atoms with van der Waals surface area (Å²) in [7, 11) is 0. The van der Waals surface area contributed by atoms with Crippen molar-refractivity contribution >= 4 is 17.9 Å². The number of aliphatic imine (C=N–C) groups is 1. The van der Waals surface area contributed by atoms with E-state index in [1.165, 1.54) is 0 Å². The van der Waals surface area contributed by atoms with E-state index >= 15 is 0 Å². The molecule has 2 aromatic rings. The van der Waals surface area contributed by atoms with E-state index in [4.69, 9.17) is 0 Å². The highest BCUT2D eigenvalue weighted by Gasteiger charge is 2.34. The standard InChI is InChI=1S/C20H26N4O2/c1-4-11-21-18-14(2)22-19(23-15(18)3)24-12-9-20(26,10-13-24)16-5-7-17(25)8-6-16/h5-8,11,25-26H,4,9-10,12-13H2,1-3H3. The number of piperidine rings is 1. The van der Waals surface area contributed by atoms with E-state index < -0.39 is 5.60 Å². The number of benzene rings is 1. The van der Waals surface area contributed by atoms with Gasteiger partial charge in [0, 0.05) is 19.3 Å². The zero-order valence-corrected chi connectivity index (χ0v) is 15.6. The number of rotatable bonds is 4. The molecule has 1 aliphatic heterocycles. The van der Waals surface area contributed by atoms with Crippen LogP contribution in [-0.2, 0) is 5.60 Å². The SMILES string of the molecule is CCC=Nc1c(C)nc(N2CCC(O)(c3ccc(O)cc3)CC2)nc1C. The Labute approximate surface area is 154 Å². The molecule has 2 N–H and O–H groups in total. The average Bonchev–Trinajstić information content (AvgIpc) is 2.62. The molecule has 0 radical (unpaired) electrons. The lowest BCUT2D eigenvalue weighted by molar-refractivity contribution is 0.0115. The predicted molar refractivity (Wildman–Crippen MR) is 103 cm³/mol. The largest absolute Gasteiger partial charge is 0.508 e. The number of anilines is 1. The van der Waals surface area contributed by atoms with Crippen LogP contribution in [0.2, 0.25) is 0 Å². The Bertz CT molecular complexity index is 771. The van der Waals surface area contributed by atoms with Gasteiger partial charge in [0.1, 0.15) is 11.4 Å². The van der Waals surface area contributed by atoms with E-state index in [1.807, 2.05) is 27.0 Å². The van der Waals surface area contributed by atoms with Crippen LogP contribution in [0.15, 0.2) is 29.3 Å². The van der Waals surface area contributed by atoms with Gasteiger partial charge >= 0.3 is 0 Å². The molecule has 138 valence electrons. The summed E-state index contributed by atoms with van der Waals surface area (Å²) in [6.07, 6.45) is 3.93. The third-order valence-electron chi connectivity index (χ3n) is 4.90. The molecule has 1 aromatic carbocycles. The molecule has 6 heteroatoms. The van der Waals surface area contributed by atoms with Gasteiger partial charge in [-0.15, -0.1) is 0 Å². The molecule has 2 heterocycles. The molecule has 0 saturated carbocycles. The molecular formula is C20H26N4O2. The normalized spacial score (nSPS) is 17.0. The maximum atomic E-state index is 11.0. The zero-order valence-electron chi connectivity index (χ0n) is 15.6. The fraction of sp³-hybridized carbons (Fsp3) is 0.450. The first-order chi connectivity index (χ1) is 12.4.